The number of unbranched alkanes of at least 4 members (excludes halogenated alkanes) is 1. The summed E-state index contributed by atoms with van der Waals surface area (Å²) in [6.45, 7) is 2.69. The molecule has 1 saturated heterocycles. The van der Waals surface area contributed by atoms with Crippen LogP contribution in [-0.2, 0) is 16.0 Å². The van der Waals surface area contributed by atoms with Gasteiger partial charge in [-0.2, -0.15) is 0 Å². The second-order valence-electron chi connectivity index (χ2n) is 5.47. The largest absolute Gasteiger partial charge is 0.345 e. The number of hydrogen-bond donors (Lipinski definition) is 1. The minimum absolute atomic E-state index is 0.0417. The standard InChI is InChI=1S/C16H22N2O2/c1-3-4-5-12-6-8-14(9-7-12)17-16(20)13-10-15(19)18(2)11-13/h6-9,13H,3-5,10-11H2,1-2H3,(H,17,20)/t13-/m1/s1. The molecular formula is C16H22N2O2. The van der Waals surface area contributed by atoms with Crippen molar-refractivity contribution in [2.45, 2.75) is 32.6 Å². The van der Waals surface area contributed by atoms with E-state index in [1.54, 1.807) is 11.9 Å². The number of rotatable bonds is 5. The summed E-state index contributed by atoms with van der Waals surface area (Å²) in [4.78, 5) is 25.1. The van der Waals surface area contributed by atoms with Crippen molar-refractivity contribution in [1.29, 1.82) is 0 Å². The summed E-state index contributed by atoms with van der Waals surface area (Å²) in [5, 5.41) is 2.89. The van der Waals surface area contributed by atoms with E-state index in [0.717, 1.165) is 12.1 Å². The minimum Gasteiger partial charge on any atom is -0.345 e. The zero-order chi connectivity index (χ0) is 14.5. The molecule has 1 aliphatic heterocycles. The first kappa shape index (κ1) is 14.6. The third-order valence-corrected chi connectivity index (χ3v) is 3.75. The van der Waals surface area contributed by atoms with Gasteiger partial charge in [-0.15, -0.1) is 0 Å². The van der Waals surface area contributed by atoms with E-state index in [2.05, 4.69) is 24.4 Å². The Hall–Kier alpha value is -1.84. The maximum atomic E-state index is 12.1. The summed E-state index contributed by atoms with van der Waals surface area (Å²) in [5.41, 5.74) is 2.10. The van der Waals surface area contributed by atoms with Gasteiger partial charge in [0.15, 0.2) is 0 Å². The van der Waals surface area contributed by atoms with Gasteiger partial charge in [0.2, 0.25) is 11.8 Å². The molecule has 0 spiro atoms. The van der Waals surface area contributed by atoms with E-state index >= 15 is 0 Å². The van der Waals surface area contributed by atoms with E-state index in [4.69, 9.17) is 0 Å². The lowest BCUT2D eigenvalue weighted by Gasteiger charge is -2.11. The molecule has 0 saturated carbocycles. The van der Waals surface area contributed by atoms with E-state index in [1.165, 1.54) is 18.4 Å². The van der Waals surface area contributed by atoms with Crippen molar-refractivity contribution in [2.24, 2.45) is 5.92 Å². The van der Waals surface area contributed by atoms with Crippen molar-refractivity contribution in [2.75, 3.05) is 18.9 Å². The number of carbonyl (C=O) groups excluding carboxylic acids is 2. The highest BCUT2D eigenvalue weighted by molar-refractivity contribution is 5.97. The Bertz CT molecular complexity index is 482. The number of carbonyl (C=O) groups is 2. The lowest BCUT2D eigenvalue weighted by atomic mass is 10.1. The number of likely N-dealkylation sites (tertiary alicyclic amines) is 1. The summed E-state index contributed by atoms with van der Waals surface area (Å²) < 4.78 is 0. The van der Waals surface area contributed by atoms with Gasteiger partial charge in [-0.05, 0) is 30.5 Å². The van der Waals surface area contributed by atoms with Crippen LogP contribution >= 0.6 is 0 Å². The molecule has 4 nitrogen and oxygen atoms in total. The quantitative estimate of drug-likeness (QED) is 0.896. The van der Waals surface area contributed by atoms with Gasteiger partial charge in [-0.1, -0.05) is 25.5 Å². The van der Waals surface area contributed by atoms with Crippen molar-refractivity contribution < 1.29 is 9.59 Å². The fourth-order valence-electron chi connectivity index (χ4n) is 2.42. The van der Waals surface area contributed by atoms with Gasteiger partial charge in [0.05, 0.1) is 5.92 Å². The molecule has 2 rings (SSSR count). The molecule has 108 valence electrons. The molecule has 1 N–H and O–H groups in total. The normalized spacial score (nSPS) is 18.4. The monoisotopic (exact) mass is 274 g/mol. The summed E-state index contributed by atoms with van der Waals surface area (Å²) in [7, 11) is 1.73. The number of amides is 2. The molecule has 1 fully saturated rings. The van der Waals surface area contributed by atoms with Crippen molar-refractivity contribution in [3.8, 4) is 0 Å². The van der Waals surface area contributed by atoms with E-state index in [-0.39, 0.29) is 17.7 Å². The van der Waals surface area contributed by atoms with Gasteiger partial charge >= 0.3 is 0 Å². The third kappa shape index (κ3) is 3.59. The maximum absolute atomic E-state index is 12.1. The average molecular weight is 274 g/mol. The molecule has 0 radical (unpaired) electrons. The summed E-state index contributed by atoms with van der Waals surface area (Å²) in [6, 6.07) is 7.97. The Morgan fingerprint density at radius 3 is 2.60 bits per heavy atom. The van der Waals surface area contributed by atoms with E-state index in [0.29, 0.717) is 13.0 Å². The molecule has 0 aliphatic carbocycles. The fraction of sp³-hybridized carbons (Fsp3) is 0.500. The molecule has 0 bridgehead atoms. The molecule has 4 heteroatoms. The topological polar surface area (TPSA) is 49.4 Å². The van der Waals surface area contributed by atoms with E-state index < -0.39 is 0 Å². The van der Waals surface area contributed by atoms with Crippen LogP contribution in [0.2, 0.25) is 0 Å². The van der Waals surface area contributed by atoms with Crippen LogP contribution in [0.25, 0.3) is 0 Å². The molecule has 1 heterocycles. The van der Waals surface area contributed by atoms with Gasteiger partial charge in [-0.3, -0.25) is 9.59 Å². The van der Waals surface area contributed by atoms with Crippen LogP contribution in [-0.4, -0.2) is 30.3 Å². The lowest BCUT2D eigenvalue weighted by Crippen LogP contribution is -2.25. The molecule has 20 heavy (non-hydrogen) atoms. The Morgan fingerprint density at radius 2 is 2.05 bits per heavy atom. The highest BCUT2D eigenvalue weighted by Crippen LogP contribution is 2.19. The number of aryl methyl sites for hydroxylation is 1. The van der Waals surface area contributed by atoms with Crippen LogP contribution in [0.1, 0.15) is 31.7 Å². The maximum Gasteiger partial charge on any atom is 0.229 e. The predicted octanol–water partition coefficient (Wildman–Crippen LogP) is 2.45. The van der Waals surface area contributed by atoms with Crippen LogP contribution in [0, 0.1) is 5.92 Å². The Balaban J connectivity index is 1.90. The highest BCUT2D eigenvalue weighted by atomic mass is 16.2. The summed E-state index contributed by atoms with van der Waals surface area (Å²) in [5.74, 6) is -0.253. The van der Waals surface area contributed by atoms with Crippen LogP contribution in [0.3, 0.4) is 0 Å². The third-order valence-electron chi connectivity index (χ3n) is 3.75. The minimum atomic E-state index is -0.229. The number of hydrogen-bond acceptors (Lipinski definition) is 2. The van der Waals surface area contributed by atoms with Crippen molar-refractivity contribution in [3.63, 3.8) is 0 Å². The number of benzene rings is 1. The summed E-state index contributed by atoms with van der Waals surface area (Å²) >= 11 is 0. The number of nitrogens with zero attached hydrogens (tertiary/aromatic N) is 1. The molecule has 0 unspecified atom stereocenters. The molecule has 1 aliphatic rings. The Morgan fingerprint density at radius 1 is 1.35 bits per heavy atom. The van der Waals surface area contributed by atoms with Gasteiger partial charge in [0.1, 0.15) is 0 Å². The molecule has 2 amide bonds. The van der Waals surface area contributed by atoms with Gasteiger partial charge in [-0.25, -0.2) is 0 Å². The van der Waals surface area contributed by atoms with Crippen molar-refractivity contribution >= 4 is 17.5 Å². The second-order valence-corrected chi connectivity index (χ2v) is 5.47. The number of nitrogens with one attached hydrogen (secondary N) is 1. The Kier molecular flexibility index (Phi) is 4.77. The Labute approximate surface area is 120 Å². The smallest absolute Gasteiger partial charge is 0.229 e. The molecule has 1 aromatic rings. The van der Waals surface area contributed by atoms with Gasteiger partial charge < -0.3 is 10.2 Å². The highest BCUT2D eigenvalue weighted by Gasteiger charge is 2.31. The molecular weight excluding hydrogens is 252 g/mol. The second kappa shape index (κ2) is 6.55. The van der Waals surface area contributed by atoms with E-state index in [9.17, 15) is 9.59 Å². The van der Waals surface area contributed by atoms with Crippen LogP contribution in [0.4, 0.5) is 5.69 Å². The van der Waals surface area contributed by atoms with Crippen molar-refractivity contribution in [3.05, 3.63) is 29.8 Å². The zero-order valence-corrected chi connectivity index (χ0v) is 12.2. The number of anilines is 1. The SMILES string of the molecule is CCCCc1ccc(NC(=O)[C@@H]2CC(=O)N(C)C2)cc1. The lowest BCUT2D eigenvalue weighted by molar-refractivity contribution is -0.127. The fourth-order valence-corrected chi connectivity index (χ4v) is 2.42. The molecule has 0 aromatic heterocycles. The predicted molar refractivity (Wildman–Crippen MR) is 79.4 cm³/mol. The first-order valence-corrected chi connectivity index (χ1v) is 7.24. The van der Waals surface area contributed by atoms with Crippen molar-refractivity contribution in [1.82, 2.24) is 4.90 Å². The average Bonchev–Trinajstić information content (AvgIpc) is 2.78. The molecule has 1 aromatic carbocycles. The van der Waals surface area contributed by atoms with Crippen LogP contribution in [0.5, 0.6) is 0 Å². The van der Waals surface area contributed by atoms with Gasteiger partial charge in [0.25, 0.3) is 0 Å². The summed E-state index contributed by atoms with van der Waals surface area (Å²) in [6.07, 6.45) is 3.76. The van der Waals surface area contributed by atoms with Gasteiger partial charge in [0, 0.05) is 25.7 Å². The van der Waals surface area contributed by atoms with Crippen LogP contribution < -0.4 is 5.32 Å². The first-order valence-electron chi connectivity index (χ1n) is 7.24. The van der Waals surface area contributed by atoms with Crippen LogP contribution in [0.15, 0.2) is 24.3 Å². The first-order chi connectivity index (χ1) is 9.60. The van der Waals surface area contributed by atoms with E-state index in [1.807, 2.05) is 12.1 Å². The molecule has 1 atom stereocenters. The zero-order valence-electron chi connectivity index (χ0n) is 12.2.